The molecule has 26 heavy (non-hydrogen) atoms. The molecule has 0 spiro atoms. The van der Waals surface area contributed by atoms with Crippen LogP contribution in [0, 0.1) is 0 Å². The van der Waals surface area contributed by atoms with Gasteiger partial charge in [0, 0.05) is 15.7 Å². The second kappa shape index (κ2) is 7.63. The molecule has 2 aromatic carbocycles. The Morgan fingerprint density at radius 2 is 2.04 bits per heavy atom. The Morgan fingerprint density at radius 3 is 2.92 bits per heavy atom. The summed E-state index contributed by atoms with van der Waals surface area (Å²) in [6.07, 6.45) is 3.44. The highest BCUT2D eigenvalue weighted by Gasteiger charge is 2.13. The van der Waals surface area contributed by atoms with Crippen LogP contribution in [0.5, 0.6) is 0 Å². The number of rotatable bonds is 5. The van der Waals surface area contributed by atoms with E-state index in [4.69, 9.17) is 0 Å². The maximum atomic E-state index is 12.2. The summed E-state index contributed by atoms with van der Waals surface area (Å²) < 4.78 is 0.946. The summed E-state index contributed by atoms with van der Waals surface area (Å²) in [7, 11) is 0. The highest BCUT2D eigenvalue weighted by molar-refractivity contribution is 9.10. The molecule has 1 aliphatic rings. The molecule has 5 nitrogen and oxygen atoms in total. The number of anilines is 1. The van der Waals surface area contributed by atoms with Crippen molar-refractivity contribution in [1.29, 1.82) is 0 Å². The predicted molar refractivity (Wildman–Crippen MR) is 107 cm³/mol. The zero-order valence-corrected chi connectivity index (χ0v) is 16.4. The van der Waals surface area contributed by atoms with Crippen LogP contribution in [0.15, 0.2) is 52.1 Å². The third-order valence-electron chi connectivity index (χ3n) is 4.31. The number of nitrogens with one attached hydrogen (secondary N) is 2. The molecule has 0 saturated carbocycles. The SMILES string of the molecule is O=C(CSc1n[nH]c(-c2ccccc2Br)n1)Nc1ccc2c(c1)CCC2. The Balaban J connectivity index is 1.36. The van der Waals surface area contributed by atoms with Crippen molar-refractivity contribution >= 4 is 39.3 Å². The molecule has 2 N–H and O–H groups in total. The molecule has 1 amide bonds. The van der Waals surface area contributed by atoms with E-state index >= 15 is 0 Å². The molecule has 0 aliphatic heterocycles. The van der Waals surface area contributed by atoms with Gasteiger partial charge in [0.05, 0.1) is 5.75 Å². The van der Waals surface area contributed by atoms with Gasteiger partial charge in [-0.2, -0.15) is 0 Å². The zero-order chi connectivity index (χ0) is 17.9. The monoisotopic (exact) mass is 428 g/mol. The molecule has 4 rings (SSSR count). The Bertz CT molecular complexity index is 956. The van der Waals surface area contributed by atoms with Gasteiger partial charge in [0.15, 0.2) is 5.82 Å². The van der Waals surface area contributed by atoms with Crippen molar-refractivity contribution < 1.29 is 4.79 Å². The van der Waals surface area contributed by atoms with Crippen molar-refractivity contribution in [3.63, 3.8) is 0 Å². The average molecular weight is 429 g/mol. The van der Waals surface area contributed by atoms with Crippen LogP contribution in [-0.2, 0) is 17.6 Å². The first-order valence-electron chi connectivity index (χ1n) is 8.41. The molecule has 1 aromatic heterocycles. The van der Waals surface area contributed by atoms with Gasteiger partial charge in [-0.05, 0) is 48.6 Å². The third kappa shape index (κ3) is 3.83. The van der Waals surface area contributed by atoms with Crippen LogP contribution in [0.3, 0.4) is 0 Å². The van der Waals surface area contributed by atoms with Gasteiger partial charge in [-0.25, -0.2) is 4.98 Å². The van der Waals surface area contributed by atoms with E-state index in [0.717, 1.165) is 28.6 Å². The molecule has 0 radical (unpaired) electrons. The van der Waals surface area contributed by atoms with Crippen molar-refractivity contribution in [2.45, 2.75) is 24.4 Å². The molecule has 0 atom stereocenters. The van der Waals surface area contributed by atoms with Crippen molar-refractivity contribution in [1.82, 2.24) is 15.2 Å². The summed E-state index contributed by atoms with van der Waals surface area (Å²) in [6, 6.07) is 14.0. The van der Waals surface area contributed by atoms with Gasteiger partial charge in [-0.1, -0.05) is 52.0 Å². The number of amides is 1. The summed E-state index contributed by atoms with van der Waals surface area (Å²) in [4.78, 5) is 16.7. The van der Waals surface area contributed by atoms with Gasteiger partial charge in [0.25, 0.3) is 0 Å². The van der Waals surface area contributed by atoms with E-state index in [1.807, 2.05) is 30.3 Å². The largest absolute Gasteiger partial charge is 0.325 e. The minimum absolute atomic E-state index is 0.0554. The molecular formula is C19H17BrN4OS. The van der Waals surface area contributed by atoms with Gasteiger partial charge < -0.3 is 5.32 Å². The number of aryl methyl sites for hydroxylation is 2. The highest BCUT2D eigenvalue weighted by Crippen LogP contribution is 2.27. The molecule has 3 aromatic rings. The van der Waals surface area contributed by atoms with Crippen LogP contribution in [0.4, 0.5) is 5.69 Å². The minimum atomic E-state index is -0.0554. The number of hydrogen-bond acceptors (Lipinski definition) is 4. The van der Waals surface area contributed by atoms with Crippen LogP contribution in [0.1, 0.15) is 17.5 Å². The smallest absolute Gasteiger partial charge is 0.234 e. The zero-order valence-electron chi connectivity index (χ0n) is 14.0. The number of nitrogens with zero attached hydrogens (tertiary/aromatic N) is 2. The number of carbonyl (C=O) groups excluding carboxylic acids is 1. The van der Waals surface area contributed by atoms with Crippen LogP contribution in [0.25, 0.3) is 11.4 Å². The normalized spacial score (nSPS) is 12.8. The maximum Gasteiger partial charge on any atom is 0.234 e. The minimum Gasteiger partial charge on any atom is -0.325 e. The van der Waals surface area contributed by atoms with E-state index < -0.39 is 0 Å². The second-order valence-electron chi connectivity index (χ2n) is 6.12. The van der Waals surface area contributed by atoms with Gasteiger partial charge >= 0.3 is 0 Å². The van der Waals surface area contributed by atoms with Gasteiger partial charge in [-0.15, -0.1) is 5.10 Å². The molecule has 7 heteroatoms. The Labute approximate surface area is 164 Å². The predicted octanol–water partition coefficient (Wildman–Crippen LogP) is 4.45. The number of H-pyrrole nitrogens is 1. The van der Waals surface area contributed by atoms with Gasteiger partial charge in [0.2, 0.25) is 11.1 Å². The second-order valence-corrected chi connectivity index (χ2v) is 7.92. The molecule has 1 aliphatic carbocycles. The van der Waals surface area contributed by atoms with E-state index in [1.54, 1.807) is 0 Å². The molecule has 0 fully saturated rings. The maximum absolute atomic E-state index is 12.2. The summed E-state index contributed by atoms with van der Waals surface area (Å²) in [5, 5.41) is 10.6. The first kappa shape index (κ1) is 17.3. The number of aromatic nitrogens is 3. The number of benzene rings is 2. The summed E-state index contributed by atoms with van der Waals surface area (Å²) in [6.45, 7) is 0. The Morgan fingerprint density at radius 1 is 1.19 bits per heavy atom. The number of thioether (sulfide) groups is 1. The number of fused-ring (bicyclic) bond motifs is 1. The van der Waals surface area contributed by atoms with Crippen molar-refractivity contribution in [3.8, 4) is 11.4 Å². The van der Waals surface area contributed by atoms with Crippen molar-refractivity contribution in [2.75, 3.05) is 11.1 Å². The van der Waals surface area contributed by atoms with E-state index in [2.05, 4.69) is 48.6 Å². The van der Waals surface area contributed by atoms with Crippen molar-refractivity contribution in [3.05, 3.63) is 58.1 Å². The molecule has 1 heterocycles. The van der Waals surface area contributed by atoms with E-state index in [1.165, 1.54) is 29.3 Å². The standard InChI is InChI=1S/C19H17BrN4OS/c20-16-7-2-1-6-15(16)18-22-19(24-23-18)26-11-17(25)21-14-9-8-12-4-3-5-13(12)10-14/h1-2,6-10H,3-5,11H2,(H,21,25)(H,22,23,24). The van der Waals surface area contributed by atoms with Gasteiger partial charge in [-0.3, -0.25) is 9.89 Å². The fourth-order valence-corrected chi connectivity index (χ4v) is 4.13. The Kier molecular flexibility index (Phi) is 5.08. The fourth-order valence-electron chi connectivity index (χ4n) is 3.06. The molecular weight excluding hydrogens is 412 g/mol. The molecule has 132 valence electrons. The summed E-state index contributed by atoms with van der Waals surface area (Å²) in [5.74, 6) is 0.892. The fraction of sp³-hybridized carbons (Fsp3) is 0.211. The first-order chi connectivity index (χ1) is 12.7. The van der Waals surface area contributed by atoms with Gasteiger partial charge in [0.1, 0.15) is 0 Å². The number of carbonyl (C=O) groups is 1. The lowest BCUT2D eigenvalue weighted by Gasteiger charge is -2.06. The summed E-state index contributed by atoms with van der Waals surface area (Å²) >= 11 is 4.82. The first-order valence-corrected chi connectivity index (χ1v) is 10.2. The van der Waals surface area contributed by atoms with Crippen LogP contribution in [0.2, 0.25) is 0 Å². The van der Waals surface area contributed by atoms with Crippen LogP contribution in [-0.4, -0.2) is 26.8 Å². The number of halogens is 1. The van der Waals surface area contributed by atoms with E-state index in [0.29, 0.717) is 11.0 Å². The Hall–Kier alpha value is -2.12. The topological polar surface area (TPSA) is 70.7 Å². The van der Waals surface area contributed by atoms with Crippen LogP contribution >= 0.6 is 27.7 Å². The molecule has 0 bridgehead atoms. The lowest BCUT2D eigenvalue weighted by molar-refractivity contribution is -0.113. The van der Waals surface area contributed by atoms with E-state index in [9.17, 15) is 4.79 Å². The lowest BCUT2D eigenvalue weighted by Crippen LogP contribution is -2.14. The molecule has 0 unspecified atom stereocenters. The highest BCUT2D eigenvalue weighted by atomic mass is 79.9. The average Bonchev–Trinajstić information content (AvgIpc) is 3.29. The third-order valence-corrected chi connectivity index (χ3v) is 5.85. The van der Waals surface area contributed by atoms with E-state index in [-0.39, 0.29) is 11.7 Å². The lowest BCUT2D eigenvalue weighted by atomic mass is 10.1. The summed E-state index contributed by atoms with van der Waals surface area (Å²) in [5.41, 5.74) is 4.55. The van der Waals surface area contributed by atoms with Crippen molar-refractivity contribution in [2.24, 2.45) is 0 Å². The molecule has 0 saturated heterocycles. The quantitative estimate of drug-likeness (QED) is 0.588. The number of aromatic amines is 1. The number of hydrogen-bond donors (Lipinski definition) is 2. The van der Waals surface area contributed by atoms with Crippen LogP contribution < -0.4 is 5.32 Å².